The van der Waals surface area contributed by atoms with Gasteiger partial charge in [0.25, 0.3) is 0 Å². The number of nitrogens with one attached hydrogen (secondary N) is 1. The lowest BCUT2D eigenvalue weighted by atomic mass is 10.1. The molecule has 1 aliphatic heterocycles. The van der Waals surface area contributed by atoms with Gasteiger partial charge < -0.3 is 14.6 Å². The zero-order chi connectivity index (χ0) is 16.4. The molecule has 0 spiro atoms. The molecule has 0 radical (unpaired) electrons. The Morgan fingerprint density at radius 1 is 1.48 bits per heavy atom. The Bertz CT molecular complexity index is 794. The third-order valence-corrected chi connectivity index (χ3v) is 4.83. The van der Waals surface area contributed by atoms with Crippen molar-refractivity contribution in [3.05, 3.63) is 43.8 Å². The summed E-state index contributed by atoms with van der Waals surface area (Å²) >= 11 is 2.18. The van der Waals surface area contributed by atoms with E-state index in [1.165, 1.54) is 0 Å². The zero-order valence-electron chi connectivity index (χ0n) is 13.0. The van der Waals surface area contributed by atoms with E-state index < -0.39 is 5.97 Å². The van der Waals surface area contributed by atoms with Crippen molar-refractivity contribution >= 4 is 39.5 Å². The fourth-order valence-electron chi connectivity index (χ4n) is 3.02. The number of hydrogen-bond donors (Lipinski definition) is 1. The summed E-state index contributed by atoms with van der Waals surface area (Å²) in [6.45, 7) is 4.77. The molecule has 5 nitrogen and oxygen atoms in total. The second-order valence-corrected chi connectivity index (χ2v) is 7.01. The van der Waals surface area contributed by atoms with Gasteiger partial charge in [-0.2, -0.15) is 0 Å². The molecule has 1 saturated heterocycles. The maximum atomic E-state index is 12.7. The standard InChI is InChI=1S/C17H19IN2O3/c1-2-23-17(22)14-10-20(9-11-5-6-19-8-11)15-4-3-12(18)7-13(15)16(14)21/h3-4,7,10-11,19H,2,5-6,8-9H2,1H3. The molecule has 0 bridgehead atoms. The van der Waals surface area contributed by atoms with E-state index in [-0.39, 0.29) is 17.6 Å². The Morgan fingerprint density at radius 2 is 2.30 bits per heavy atom. The van der Waals surface area contributed by atoms with Gasteiger partial charge in [-0.1, -0.05) is 0 Å². The molecule has 1 atom stereocenters. The van der Waals surface area contributed by atoms with Crippen LogP contribution >= 0.6 is 22.6 Å². The van der Waals surface area contributed by atoms with Gasteiger partial charge in [-0.3, -0.25) is 4.79 Å². The SMILES string of the molecule is CCOC(=O)c1cn(CC2CCNC2)c2ccc(I)cc2c1=O. The molecule has 2 aromatic rings. The Balaban J connectivity index is 2.14. The molecule has 1 aliphatic rings. The summed E-state index contributed by atoms with van der Waals surface area (Å²) in [7, 11) is 0. The topological polar surface area (TPSA) is 60.3 Å². The van der Waals surface area contributed by atoms with Gasteiger partial charge in [0.1, 0.15) is 5.56 Å². The fourth-order valence-corrected chi connectivity index (χ4v) is 3.51. The maximum Gasteiger partial charge on any atom is 0.343 e. The van der Waals surface area contributed by atoms with Crippen molar-refractivity contribution in [2.75, 3.05) is 19.7 Å². The largest absolute Gasteiger partial charge is 0.462 e. The highest BCUT2D eigenvalue weighted by atomic mass is 127. The average Bonchev–Trinajstić information content (AvgIpc) is 3.03. The quantitative estimate of drug-likeness (QED) is 0.603. The van der Waals surface area contributed by atoms with Gasteiger partial charge in [0.15, 0.2) is 0 Å². The van der Waals surface area contributed by atoms with Crippen LogP contribution in [0.4, 0.5) is 0 Å². The van der Waals surface area contributed by atoms with E-state index >= 15 is 0 Å². The molecule has 122 valence electrons. The highest BCUT2D eigenvalue weighted by Gasteiger charge is 2.20. The van der Waals surface area contributed by atoms with Gasteiger partial charge in [0, 0.05) is 21.7 Å². The van der Waals surface area contributed by atoms with Crippen LogP contribution in [0.2, 0.25) is 0 Å². The van der Waals surface area contributed by atoms with E-state index in [4.69, 9.17) is 4.74 Å². The van der Waals surface area contributed by atoms with Crippen molar-refractivity contribution in [3.8, 4) is 0 Å². The molecular weight excluding hydrogens is 407 g/mol. The molecule has 0 aliphatic carbocycles. The van der Waals surface area contributed by atoms with Crippen molar-refractivity contribution < 1.29 is 9.53 Å². The lowest BCUT2D eigenvalue weighted by Crippen LogP contribution is -2.23. The highest BCUT2D eigenvalue weighted by molar-refractivity contribution is 14.1. The first-order valence-electron chi connectivity index (χ1n) is 7.80. The summed E-state index contributed by atoms with van der Waals surface area (Å²) in [5.41, 5.74) is 0.737. The van der Waals surface area contributed by atoms with E-state index in [1.807, 2.05) is 22.8 Å². The summed E-state index contributed by atoms with van der Waals surface area (Å²) in [6.07, 6.45) is 2.76. The smallest absolute Gasteiger partial charge is 0.343 e. The van der Waals surface area contributed by atoms with E-state index in [1.54, 1.807) is 13.1 Å². The van der Waals surface area contributed by atoms with Gasteiger partial charge in [-0.05, 0) is 73.1 Å². The van der Waals surface area contributed by atoms with Crippen molar-refractivity contribution in [3.63, 3.8) is 0 Å². The minimum absolute atomic E-state index is 0.118. The normalized spacial score (nSPS) is 17.6. The van der Waals surface area contributed by atoms with Crippen LogP contribution in [0.15, 0.2) is 29.2 Å². The van der Waals surface area contributed by atoms with E-state index in [0.29, 0.717) is 11.3 Å². The van der Waals surface area contributed by atoms with Gasteiger partial charge >= 0.3 is 5.97 Å². The average molecular weight is 426 g/mol. The Hall–Kier alpha value is -1.41. The molecule has 23 heavy (non-hydrogen) atoms. The van der Waals surface area contributed by atoms with Crippen molar-refractivity contribution in [1.29, 1.82) is 0 Å². The maximum absolute atomic E-state index is 12.7. The minimum atomic E-state index is -0.545. The van der Waals surface area contributed by atoms with Crippen LogP contribution in [0.1, 0.15) is 23.7 Å². The highest BCUT2D eigenvalue weighted by Crippen LogP contribution is 2.19. The number of fused-ring (bicyclic) bond motifs is 1. The Kier molecular flexibility index (Phi) is 5.01. The van der Waals surface area contributed by atoms with Gasteiger partial charge in [0.05, 0.1) is 12.1 Å². The van der Waals surface area contributed by atoms with Crippen molar-refractivity contribution in [2.24, 2.45) is 5.92 Å². The third-order valence-electron chi connectivity index (χ3n) is 4.15. The van der Waals surface area contributed by atoms with Crippen LogP contribution in [0.5, 0.6) is 0 Å². The summed E-state index contributed by atoms with van der Waals surface area (Å²) in [5, 5.41) is 3.93. The first kappa shape index (κ1) is 16.4. The van der Waals surface area contributed by atoms with Crippen LogP contribution in [0.3, 0.4) is 0 Å². The molecule has 0 amide bonds. The number of nitrogens with zero attached hydrogens (tertiary/aromatic N) is 1. The number of hydrogen-bond acceptors (Lipinski definition) is 4. The first-order valence-corrected chi connectivity index (χ1v) is 8.88. The number of esters is 1. The van der Waals surface area contributed by atoms with Crippen LogP contribution in [-0.4, -0.2) is 30.2 Å². The van der Waals surface area contributed by atoms with Crippen LogP contribution in [0, 0.1) is 9.49 Å². The molecule has 3 rings (SSSR count). The minimum Gasteiger partial charge on any atom is -0.462 e. The summed E-state index contributed by atoms with van der Waals surface area (Å²) in [4.78, 5) is 24.8. The van der Waals surface area contributed by atoms with E-state index in [2.05, 4.69) is 27.9 Å². The monoisotopic (exact) mass is 426 g/mol. The second kappa shape index (κ2) is 7.00. The van der Waals surface area contributed by atoms with Gasteiger partial charge in [0.2, 0.25) is 5.43 Å². The Morgan fingerprint density at radius 3 is 3.00 bits per heavy atom. The van der Waals surface area contributed by atoms with E-state index in [9.17, 15) is 9.59 Å². The number of ether oxygens (including phenoxy) is 1. The number of carbonyl (C=O) groups excluding carboxylic acids is 1. The third kappa shape index (κ3) is 3.42. The molecule has 6 heteroatoms. The predicted octanol–water partition coefficient (Wildman–Crippen LogP) is 2.39. The number of halogens is 1. The van der Waals surface area contributed by atoms with Crippen LogP contribution in [0.25, 0.3) is 10.9 Å². The predicted molar refractivity (Wildman–Crippen MR) is 97.9 cm³/mol. The molecule has 1 fully saturated rings. The summed E-state index contributed by atoms with van der Waals surface area (Å²) in [5.74, 6) is -0.0356. The number of pyridine rings is 1. The lowest BCUT2D eigenvalue weighted by Gasteiger charge is -2.16. The molecule has 1 aromatic carbocycles. The Labute approximate surface area is 148 Å². The van der Waals surface area contributed by atoms with Gasteiger partial charge in [-0.25, -0.2) is 4.79 Å². The second-order valence-electron chi connectivity index (χ2n) is 5.77. The molecule has 2 heterocycles. The molecular formula is C17H19IN2O3. The zero-order valence-corrected chi connectivity index (χ0v) is 15.1. The van der Waals surface area contributed by atoms with Crippen LogP contribution in [-0.2, 0) is 11.3 Å². The number of aromatic nitrogens is 1. The van der Waals surface area contributed by atoms with Crippen LogP contribution < -0.4 is 10.7 Å². The lowest BCUT2D eigenvalue weighted by molar-refractivity contribution is 0.0524. The molecule has 1 unspecified atom stereocenters. The fraction of sp³-hybridized carbons (Fsp3) is 0.412. The van der Waals surface area contributed by atoms with Gasteiger partial charge in [-0.15, -0.1) is 0 Å². The molecule has 1 N–H and O–H groups in total. The number of rotatable bonds is 4. The number of benzene rings is 1. The molecule has 0 saturated carbocycles. The molecule has 1 aromatic heterocycles. The summed E-state index contributed by atoms with van der Waals surface area (Å²) in [6, 6.07) is 5.77. The summed E-state index contributed by atoms with van der Waals surface area (Å²) < 4.78 is 8.05. The first-order chi connectivity index (χ1) is 11.1. The van der Waals surface area contributed by atoms with Crippen molar-refractivity contribution in [1.82, 2.24) is 9.88 Å². The van der Waals surface area contributed by atoms with E-state index in [0.717, 1.165) is 35.1 Å². The number of carbonyl (C=O) groups is 1. The van der Waals surface area contributed by atoms with Crippen molar-refractivity contribution in [2.45, 2.75) is 19.9 Å².